The van der Waals surface area contributed by atoms with Crippen molar-refractivity contribution in [3.8, 4) is 0 Å². The van der Waals surface area contributed by atoms with Crippen LogP contribution in [0.15, 0.2) is 30.3 Å². The van der Waals surface area contributed by atoms with Crippen molar-refractivity contribution in [2.24, 2.45) is 0 Å². The summed E-state index contributed by atoms with van der Waals surface area (Å²) < 4.78 is 0. The van der Waals surface area contributed by atoms with Crippen molar-refractivity contribution in [1.82, 2.24) is 0 Å². The molecule has 0 heterocycles. The van der Waals surface area contributed by atoms with Gasteiger partial charge in [0.05, 0.1) is 0 Å². The van der Waals surface area contributed by atoms with Crippen molar-refractivity contribution < 1.29 is 16.5 Å². The van der Waals surface area contributed by atoms with Gasteiger partial charge in [-0.1, -0.05) is 38.3 Å². The van der Waals surface area contributed by atoms with Crippen LogP contribution in [0.5, 0.6) is 0 Å². The molecule has 1 aromatic rings. The zero-order chi connectivity index (χ0) is 6.69. The van der Waals surface area contributed by atoms with Crippen LogP contribution in [-0.4, -0.2) is 13.3 Å². The molecule has 0 atom stereocenters. The van der Waals surface area contributed by atoms with Gasteiger partial charge in [-0.25, -0.2) is 0 Å². The van der Waals surface area contributed by atoms with E-state index < -0.39 is 0 Å². The average molecular weight is 197 g/mol. The second kappa shape index (κ2) is 4.88. The minimum Gasteiger partial charge on any atom is -0.0817 e. The van der Waals surface area contributed by atoms with Crippen molar-refractivity contribution in [3.63, 3.8) is 0 Å². The SMILES string of the molecule is CP(C)c1ccccc1.[Ni]. The van der Waals surface area contributed by atoms with Crippen molar-refractivity contribution >= 4 is 13.2 Å². The molecule has 0 unspecified atom stereocenters. The summed E-state index contributed by atoms with van der Waals surface area (Å²) in [6, 6.07) is 10.6. The first-order valence-electron chi connectivity index (χ1n) is 3.03. The van der Waals surface area contributed by atoms with Gasteiger partial charge in [0, 0.05) is 16.5 Å². The van der Waals surface area contributed by atoms with E-state index in [0.29, 0.717) is 0 Å². The summed E-state index contributed by atoms with van der Waals surface area (Å²) in [6.07, 6.45) is 0. The Balaban J connectivity index is 0.000000810. The Morgan fingerprint density at radius 3 is 1.80 bits per heavy atom. The Morgan fingerprint density at radius 1 is 1.00 bits per heavy atom. The second-order valence-electron chi connectivity index (χ2n) is 2.23. The van der Waals surface area contributed by atoms with Crippen LogP contribution in [0.25, 0.3) is 0 Å². The van der Waals surface area contributed by atoms with Gasteiger partial charge in [0.15, 0.2) is 0 Å². The summed E-state index contributed by atoms with van der Waals surface area (Å²) in [6.45, 7) is 4.54. The van der Waals surface area contributed by atoms with Gasteiger partial charge in [-0.05, 0) is 18.6 Å². The maximum Gasteiger partial charge on any atom is 0 e. The molecule has 0 N–H and O–H groups in total. The molecule has 0 bridgehead atoms. The third-order valence-corrected chi connectivity index (χ3v) is 2.60. The smallest absolute Gasteiger partial charge is 0 e. The summed E-state index contributed by atoms with van der Waals surface area (Å²) in [5.41, 5.74) is 0. The molecule has 2 heteroatoms. The van der Waals surface area contributed by atoms with Gasteiger partial charge in [0.25, 0.3) is 0 Å². The second-order valence-corrected chi connectivity index (χ2v) is 4.54. The van der Waals surface area contributed by atoms with Crippen LogP contribution >= 0.6 is 7.92 Å². The van der Waals surface area contributed by atoms with Crippen molar-refractivity contribution in [1.29, 1.82) is 0 Å². The fourth-order valence-electron chi connectivity index (χ4n) is 0.726. The Kier molecular flexibility index (Phi) is 4.95. The van der Waals surface area contributed by atoms with Gasteiger partial charge in [-0.2, -0.15) is 0 Å². The molecule has 1 aromatic carbocycles. The molecular formula is C8H11NiP. The zero-order valence-electron chi connectivity index (χ0n) is 6.15. The Morgan fingerprint density at radius 2 is 1.50 bits per heavy atom. The molecule has 58 valence electrons. The van der Waals surface area contributed by atoms with Crippen LogP contribution in [0.1, 0.15) is 0 Å². The van der Waals surface area contributed by atoms with Gasteiger partial charge >= 0.3 is 0 Å². The molecule has 0 saturated heterocycles. The summed E-state index contributed by atoms with van der Waals surface area (Å²) in [5.74, 6) is 0. The zero-order valence-corrected chi connectivity index (χ0v) is 8.03. The van der Waals surface area contributed by atoms with E-state index in [1.54, 1.807) is 0 Å². The van der Waals surface area contributed by atoms with Crippen LogP contribution in [0.3, 0.4) is 0 Å². The minimum atomic E-state index is 0. The van der Waals surface area contributed by atoms with E-state index in [1.165, 1.54) is 5.30 Å². The van der Waals surface area contributed by atoms with E-state index in [0.717, 1.165) is 0 Å². The molecular weight excluding hydrogens is 186 g/mol. The molecule has 0 aromatic heterocycles. The van der Waals surface area contributed by atoms with Crippen molar-refractivity contribution in [2.45, 2.75) is 0 Å². The summed E-state index contributed by atoms with van der Waals surface area (Å²) in [4.78, 5) is 0. The van der Waals surface area contributed by atoms with E-state index in [4.69, 9.17) is 0 Å². The standard InChI is InChI=1S/C8H11P.Ni/c1-9(2)8-6-4-3-5-7-8;/h3-7H,1-2H3;. The summed E-state index contributed by atoms with van der Waals surface area (Å²) >= 11 is 0. The summed E-state index contributed by atoms with van der Waals surface area (Å²) in [5, 5.41) is 1.48. The van der Waals surface area contributed by atoms with Crippen LogP contribution < -0.4 is 5.30 Å². The fourth-order valence-corrected chi connectivity index (χ4v) is 1.49. The first-order valence-corrected chi connectivity index (χ1v) is 5.26. The quantitative estimate of drug-likeness (QED) is 0.477. The molecule has 0 amide bonds. The molecule has 0 aliphatic rings. The molecule has 1 rings (SSSR count). The van der Waals surface area contributed by atoms with E-state index >= 15 is 0 Å². The monoisotopic (exact) mass is 196 g/mol. The van der Waals surface area contributed by atoms with Crippen LogP contribution in [-0.2, 0) is 16.5 Å². The predicted molar refractivity (Wildman–Crippen MR) is 44.8 cm³/mol. The first-order chi connectivity index (χ1) is 4.30. The normalized spacial score (nSPS) is 9.10. The van der Waals surface area contributed by atoms with Gasteiger partial charge in [-0.15, -0.1) is 0 Å². The Labute approximate surface area is 73.7 Å². The molecule has 0 nitrogen and oxygen atoms in total. The van der Waals surface area contributed by atoms with Crippen LogP contribution in [0.4, 0.5) is 0 Å². The summed E-state index contributed by atoms with van der Waals surface area (Å²) in [7, 11) is 0.104. The fraction of sp³-hybridized carbons (Fsp3) is 0.250. The molecule has 0 saturated carbocycles. The molecule has 10 heavy (non-hydrogen) atoms. The largest absolute Gasteiger partial charge is 0.0817 e. The van der Waals surface area contributed by atoms with Gasteiger partial charge in [-0.3, -0.25) is 0 Å². The maximum atomic E-state index is 2.27. The number of rotatable bonds is 1. The maximum absolute atomic E-state index is 2.27. The van der Waals surface area contributed by atoms with Gasteiger partial charge < -0.3 is 0 Å². The molecule has 0 aliphatic heterocycles. The molecule has 0 spiro atoms. The predicted octanol–water partition coefficient (Wildman–Crippen LogP) is 2.05. The average Bonchev–Trinajstić information content (AvgIpc) is 1.90. The minimum absolute atomic E-state index is 0. The van der Waals surface area contributed by atoms with Crippen molar-refractivity contribution in [3.05, 3.63) is 30.3 Å². The van der Waals surface area contributed by atoms with Crippen molar-refractivity contribution in [2.75, 3.05) is 13.3 Å². The third-order valence-electron chi connectivity index (χ3n) is 1.27. The molecule has 0 fully saturated rings. The Bertz CT molecular complexity index is 172. The third kappa shape index (κ3) is 2.82. The van der Waals surface area contributed by atoms with Crippen LogP contribution in [0, 0.1) is 0 Å². The van der Waals surface area contributed by atoms with E-state index in [1.807, 2.05) is 0 Å². The van der Waals surface area contributed by atoms with E-state index in [-0.39, 0.29) is 24.4 Å². The van der Waals surface area contributed by atoms with Crippen LogP contribution in [0.2, 0.25) is 0 Å². The Hall–Kier alpha value is 0.144. The first kappa shape index (κ1) is 10.1. The molecule has 0 aliphatic carbocycles. The number of benzene rings is 1. The van der Waals surface area contributed by atoms with E-state index in [2.05, 4.69) is 43.7 Å². The van der Waals surface area contributed by atoms with E-state index in [9.17, 15) is 0 Å². The topological polar surface area (TPSA) is 0 Å². The number of hydrogen-bond acceptors (Lipinski definition) is 0. The molecule has 0 radical (unpaired) electrons. The van der Waals surface area contributed by atoms with Gasteiger partial charge in [0.1, 0.15) is 0 Å². The van der Waals surface area contributed by atoms with Gasteiger partial charge in [0.2, 0.25) is 0 Å². The number of hydrogen-bond donors (Lipinski definition) is 0.